The van der Waals surface area contributed by atoms with Gasteiger partial charge in [0.15, 0.2) is 0 Å². The number of nitrogens with two attached hydrogens (primary N) is 1. The van der Waals surface area contributed by atoms with Crippen LogP contribution in [0.5, 0.6) is 0 Å². The number of rotatable bonds is 3. The van der Waals surface area contributed by atoms with Gasteiger partial charge in [0.2, 0.25) is 0 Å². The van der Waals surface area contributed by atoms with Crippen LogP contribution in [-0.4, -0.2) is 10.2 Å². The molecule has 0 aliphatic rings. The van der Waals surface area contributed by atoms with Crippen molar-refractivity contribution in [1.82, 2.24) is 10.2 Å². The average Bonchev–Trinajstić information content (AvgIpc) is 2.66. The van der Waals surface area contributed by atoms with Crippen molar-refractivity contribution in [3.63, 3.8) is 0 Å². The SMILES string of the molecule is CC(N)c1nnc(Cc2cccc(F)c2)s1. The van der Waals surface area contributed by atoms with Gasteiger partial charge in [-0.25, -0.2) is 4.39 Å². The van der Waals surface area contributed by atoms with Crippen molar-refractivity contribution in [2.24, 2.45) is 5.73 Å². The fraction of sp³-hybridized carbons (Fsp3) is 0.273. The second kappa shape index (κ2) is 4.67. The van der Waals surface area contributed by atoms with Gasteiger partial charge in [-0.2, -0.15) is 0 Å². The minimum absolute atomic E-state index is 0.0984. The van der Waals surface area contributed by atoms with E-state index in [2.05, 4.69) is 10.2 Å². The topological polar surface area (TPSA) is 51.8 Å². The van der Waals surface area contributed by atoms with Crippen LogP contribution in [0.2, 0.25) is 0 Å². The summed E-state index contributed by atoms with van der Waals surface area (Å²) in [4.78, 5) is 0. The molecule has 16 heavy (non-hydrogen) atoms. The van der Waals surface area contributed by atoms with Crippen molar-refractivity contribution >= 4 is 11.3 Å². The molecule has 1 aromatic carbocycles. The lowest BCUT2D eigenvalue weighted by molar-refractivity contribution is 0.626. The van der Waals surface area contributed by atoms with Crippen LogP contribution < -0.4 is 5.73 Å². The van der Waals surface area contributed by atoms with E-state index in [1.807, 2.05) is 13.0 Å². The lowest BCUT2D eigenvalue weighted by Crippen LogP contribution is -2.03. The fourth-order valence-electron chi connectivity index (χ4n) is 1.34. The standard InChI is InChI=1S/C11H12FN3S/c1-7(13)11-15-14-10(16-11)6-8-3-2-4-9(12)5-8/h2-5,7H,6,13H2,1H3. The third-order valence-corrected chi connectivity index (χ3v) is 3.24. The molecule has 2 aromatic rings. The lowest BCUT2D eigenvalue weighted by Gasteiger charge is -1.97. The molecule has 5 heteroatoms. The molecule has 1 unspecified atom stereocenters. The van der Waals surface area contributed by atoms with E-state index in [1.165, 1.54) is 23.5 Å². The van der Waals surface area contributed by atoms with Gasteiger partial charge in [0, 0.05) is 6.42 Å². The van der Waals surface area contributed by atoms with Crippen LogP contribution in [0.4, 0.5) is 4.39 Å². The van der Waals surface area contributed by atoms with Crippen LogP contribution in [0.25, 0.3) is 0 Å². The van der Waals surface area contributed by atoms with Gasteiger partial charge in [-0.15, -0.1) is 10.2 Å². The summed E-state index contributed by atoms with van der Waals surface area (Å²) in [7, 11) is 0. The minimum atomic E-state index is -0.227. The molecule has 1 heterocycles. The summed E-state index contributed by atoms with van der Waals surface area (Å²) in [5.74, 6) is -0.227. The maximum atomic E-state index is 13.0. The Balaban J connectivity index is 2.14. The van der Waals surface area contributed by atoms with Gasteiger partial charge in [-0.1, -0.05) is 23.5 Å². The Morgan fingerprint density at radius 2 is 2.25 bits per heavy atom. The molecule has 0 saturated heterocycles. The smallest absolute Gasteiger partial charge is 0.133 e. The first-order valence-electron chi connectivity index (χ1n) is 4.97. The molecule has 3 nitrogen and oxygen atoms in total. The highest BCUT2D eigenvalue weighted by Crippen LogP contribution is 2.18. The van der Waals surface area contributed by atoms with E-state index in [0.717, 1.165) is 15.6 Å². The van der Waals surface area contributed by atoms with Gasteiger partial charge in [0.1, 0.15) is 15.8 Å². The highest BCUT2D eigenvalue weighted by atomic mass is 32.1. The fourth-order valence-corrected chi connectivity index (χ4v) is 2.17. The number of hydrogen-bond donors (Lipinski definition) is 1. The van der Waals surface area contributed by atoms with Crippen molar-refractivity contribution in [3.05, 3.63) is 45.7 Å². The molecule has 0 aliphatic carbocycles. The molecule has 1 aromatic heterocycles. The number of halogens is 1. The second-order valence-electron chi connectivity index (χ2n) is 3.63. The zero-order valence-corrected chi connectivity index (χ0v) is 9.67. The van der Waals surface area contributed by atoms with Crippen molar-refractivity contribution in [3.8, 4) is 0 Å². The molecule has 0 amide bonds. The zero-order chi connectivity index (χ0) is 11.5. The Morgan fingerprint density at radius 1 is 1.44 bits per heavy atom. The van der Waals surface area contributed by atoms with E-state index in [9.17, 15) is 4.39 Å². The van der Waals surface area contributed by atoms with Gasteiger partial charge in [0.05, 0.1) is 6.04 Å². The van der Waals surface area contributed by atoms with E-state index in [0.29, 0.717) is 6.42 Å². The third kappa shape index (κ3) is 2.62. The highest BCUT2D eigenvalue weighted by molar-refractivity contribution is 7.11. The van der Waals surface area contributed by atoms with Gasteiger partial charge < -0.3 is 5.73 Å². The first-order chi connectivity index (χ1) is 7.65. The maximum absolute atomic E-state index is 13.0. The first kappa shape index (κ1) is 11.2. The first-order valence-corrected chi connectivity index (χ1v) is 5.79. The number of benzene rings is 1. The largest absolute Gasteiger partial charge is 0.322 e. The van der Waals surface area contributed by atoms with E-state index in [1.54, 1.807) is 6.07 Å². The number of aromatic nitrogens is 2. The summed E-state index contributed by atoms with van der Waals surface area (Å²) in [6, 6.07) is 6.40. The Kier molecular flexibility index (Phi) is 3.26. The van der Waals surface area contributed by atoms with Crippen LogP contribution in [0, 0.1) is 5.82 Å². The molecule has 0 bridgehead atoms. The van der Waals surface area contributed by atoms with E-state index < -0.39 is 0 Å². The molecular weight excluding hydrogens is 225 g/mol. The summed E-state index contributed by atoms with van der Waals surface area (Å²) in [6.45, 7) is 1.87. The summed E-state index contributed by atoms with van der Waals surface area (Å²) in [6.07, 6.45) is 0.599. The predicted octanol–water partition coefficient (Wildman–Crippen LogP) is 2.29. The molecule has 84 valence electrons. The van der Waals surface area contributed by atoms with Crippen molar-refractivity contribution in [2.75, 3.05) is 0 Å². The van der Waals surface area contributed by atoms with Crippen LogP contribution in [-0.2, 0) is 6.42 Å². The summed E-state index contributed by atoms with van der Waals surface area (Å²) < 4.78 is 13.0. The van der Waals surface area contributed by atoms with Gasteiger partial charge in [0.25, 0.3) is 0 Å². The van der Waals surface area contributed by atoms with Crippen LogP contribution in [0.3, 0.4) is 0 Å². The van der Waals surface area contributed by atoms with Gasteiger partial charge in [-0.3, -0.25) is 0 Å². The van der Waals surface area contributed by atoms with Crippen LogP contribution >= 0.6 is 11.3 Å². The normalized spacial score (nSPS) is 12.7. The van der Waals surface area contributed by atoms with Crippen molar-refractivity contribution in [1.29, 1.82) is 0 Å². The van der Waals surface area contributed by atoms with E-state index >= 15 is 0 Å². The Hall–Kier alpha value is -1.33. The average molecular weight is 237 g/mol. The summed E-state index contributed by atoms with van der Waals surface area (Å²) >= 11 is 1.47. The second-order valence-corrected chi connectivity index (χ2v) is 4.72. The molecule has 0 fully saturated rings. The molecule has 0 saturated carbocycles. The Morgan fingerprint density at radius 3 is 2.88 bits per heavy atom. The van der Waals surface area contributed by atoms with Crippen molar-refractivity contribution < 1.29 is 4.39 Å². The molecule has 1 atom stereocenters. The molecule has 0 spiro atoms. The molecule has 0 aliphatic heterocycles. The number of nitrogens with zero attached hydrogens (tertiary/aromatic N) is 2. The van der Waals surface area contributed by atoms with E-state index in [4.69, 9.17) is 5.73 Å². The highest BCUT2D eigenvalue weighted by Gasteiger charge is 2.08. The minimum Gasteiger partial charge on any atom is -0.322 e. The molecular formula is C11H12FN3S. The molecule has 2 N–H and O–H groups in total. The lowest BCUT2D eigenvalue weighted by atomic mass is 10.1. The van der Waals surface area contributed by atoms with Gasteiger partial charge in [-0.05, 0) is 24.6 Å². The third-order valence-electron chi connectivity index (χ3n) is 2.12. The Bertz CT molecular complexity index is 482. The molecule has 2 rings (SSSR count). The van der Waals surface area contributed by atoms with Crippen LogP contribution in [0.15, 0.2) is 24.3 Å². The predicted molar refractivity (Wildman–Crippen MR) is 61.7 cm³/mol. The summed E-state index contributed by atoms with van der Waals surface area (Å²) in [5.41, 5.74) is 6.59. The maximum Gasteiger partial charge on any atom is 0.133 e. The van der Waals surface area contributed by atoms with E-state index in [-0.39, 0.29) is 11.9 Å². The van der Waals surface area contributed by atoms with Gasteiger partial charge >= 0.3 is 0 Å². The Labute approximate surface area is 97.1 Å². The zero-order valence-electron chi connectivity index (χ0n) is 8.85. The van der Waals surface area contributed by atoms with Crippen LogP contribution in [0.1, 0.15) is 28.5 Å². The number of hydrogen-bond acceptors (Lipinski definition) is 4. The summed E-state index contributed by atoms with van der Waals surface area (Å²) in [5, 5.41) is 9.68. The van der Waals surface area contributed by atoms with Crippen molar-refractivity contribution in [2.45, 2.75) is 19.4 Å². The molecule has 0 radical (unpaired) electrons. The monoisotopic (exact) mass is 237 g/mol. The quantitative estimate of drug-likeness (QED) is 0.891.